The van der Waals surface area contributed by atoms with E-state index in [2.05, 4.69) is 10.1 Å². The van der Waals surface area contributed by atoms with Crippen LogP contribution in [-0.4, -0.2) is 55.4 Å². The topological polar surface area (TPSA) is 94.1 Å². The molecule has 0 unspecified atom stereocenters. The molecule has 3 aliphatic rings. The molecule has 2 aromatic rings. The van der Waals surface area contributed by atoms with Crippen molar-refractivity contribution in [3.05, 3.63) is 57.9 Å². The summed E-state index contributed by atoms with van der Waals surface area (Å²) in [5.74, 6) is -0.511. The highest BCUT2D eigenvalue weighted by atomic mass is 35.5. The predicted octanol–water partition coefficient (Wildman–Crippen LogP) is 4.77. The van der Waals surface area contributed by atoms with Gasteiger partial charge in [0, 0.05) is 24.5 Å². The number of aromatic nitrogens is 1. The maximum absolute atomic E-state index is 12.9. The Morgan fingerprint density at radius 1 is 1.20 bits per heavy atom. The first-order valence-corrected chi connectivity index (χ1v) is 12.7. The Balaban J connectivity index is 1.40. The number of hydrazone groups is 1. The summed E-state index contributed by atoms with van der Waals surface area (Å²) in [6, 6.07) is 9.53. The van der Waals surface area contributed by atoms with Gasteiger partial charge in [-0.2, -0.15) is 15.1 Å². The van der Waals surface area contributed by atoms with E-state index >= 15 is 0 Å². The lowest BCUT2D eigenvalue weighted by molar-refractivity contribution is -0.130. The number of aliphatic imine (C=N–C) groups is 1. The second-order valence-corrected chi connectivity index (χ2v) is 10.2. The molecule has 1 N–H and O–H groups in total. The van der Waals surface area contributed by atoms with E-state index in [0.29, 0.717) is 15.2 Å². The Labute approximate surface area is 212 Å². The van der Waals surface area contributed by atoms with Crippen molar-refractivity contribution >= 4 is 57.3 Å². The van der Waals surface area contributed by atoms with Crippen LogP contribution in [0.2, 0.25) is 5.02 Å². The summed E-state index contributed by atoms with van der Waals surface area (Å²) >= 11 is 7.60. The molecule has 1 aromatic heterocycles. The molecular weight excluding hydrogens is 484 g/mol. The molecule has 1 saturated heterocycles. The van der Waals surface area contributed by atoms with Gasteiger partial charge >= 0.3 is 0 Å². The van der Waals surface area contributed by atoms with Crippen LogP contribution in [0, 0.1) is 19.3 Å². The second kappa shape index (κ2) is 9.47. The SMILES string of the molecule is Cc1cc(/C=C2/C(=N)N3N=C(CC(=O)N4CCCCC4)SC3=NC2=O)c(C)n1-c1ccccc1Cl. The van der Waals surface area contributed by atoms with Crippen molar-refractivity contribution in [3.8, 4) is 5.69 Å². The first-order valence-electron chi connectivity index (χ1n) is 11.5. The molecule has 0 atom stereocenters. The number of carbonyl (C=O) groups excluding carboxylic acids is 2. The van der Waals surface area contributed by atoms with E-state index in [-0.39, 0.29) is 23.7 Å². The largest absolute Gasteiger partial charge is 0.342 e. The van der Waals surface area contributed by atoms with E-state index in [0.717, 1.165) is 55.0 Å². The number of halogens is 1. The van der Waals surface area contributed by atoms with E-state index in [1.807, 2.05) is 53.6 Å². The molecule has 4 heterocycles. The third-order valence-corrected chi connectivity index (χ3v) is 7.60. The molecule has 5 rings (SSSR count). The Hall–Kier alpha value is -3.17. The lowest BCUT2D eigenvalue weighted by atomic mass is 10.1. The molecule has 1 aromatic carbocycles. The quantitative estimate of drug-likeness (QED) is 0.602. The fraction of sp³-hybridized carbons (Fsp3) is 0.320. The average molecular weight is 509 g/mol. The normalized spacial score (nSPS) is 19.2. The number of nitrogens with zero attached hydrogens (tertiary/aromatic N) is 5. The summed E-state index contributed by atoms with van der Waals surface area (Å²) < 4.78 is 2.02. The van der Waals surface area contributed by atoms with Crippen LogP contribution >= 0.6 is 23.4 Å². The third kappa shape index (κ3) is 4.46. The zero-order valence-corrected chi connectivity index (χ0v) is 21.1. The van der Waals surface area contributed by atoms with Crippen molar-refractivity contribution in [2.24, 2.45) is 10.1 Å². The number of amides is 2. The molecule has 35 heavy (non-hydrogen) atoms. The predicted molar refractivity (Wildman–Crippen MR) is 140 cm³/mol. The van der Waals surface area contributed by atoms with Crippen molar-refractivity contribution in [2.45, 2.75) is 39.5 Å². The molecule has 8 nitrogen and oxygen atoms in total. The molecule has 0 saturated carbocycles. The molecule has 2 amide bonds. The molecule has 0 bridgehead atoms. The number of rotatable bonds is 4. The molecule has 0 spiro atoms. The van der Waals surface area contributed by atoms with Gasteiger partial charge in [0.1, 0.15) is 5.04 Å². The lowest BCUT2D eigenvalue weighted by Gasteiger charge is -2.26. The number of hydrogen-bond acceptors (Lipinski definition) is 5. The van der Waals surface area contributed by atoms with E-state index < -0.39 is 5.91 Å². The lowest BCUT2D eigenvalue weighted by Crippen LogP contribution is -2.36. The maximum Gasteiger partial charge on any atom is 0.283 e. The van der Waals surface area contributed by atoms with Crippen LogP contribution in [-0.2, 0) is 9.59 Å². The summed E-state index contributed by atoms with van der Waals surface area (Å²) in [4.78, 5) is 31.5. The van der Waals surface area contributed by atoms with Gasteiger partial charge in [0.2, 0.25) is 11.1 Å². The molecule has 10 heteroatoms. The monoisotopic (exact) mass is 508 g/mol. The number of likely N-dealkylation sites (tertiary alicyclic amines) is 1. The van der Waals surface area contributed by atoms with Gasteiger partial charge in [-0.25, -0.2) is 0 Å². The number of nitrogens with one attached hydrogen (secondary N) is 1. The number of thioether (sulfide) groups is 1. The molecule has 3 aliphatic heterocycles. The standard InChI is InChI=1S/C25H25ClN6O2S/c1-15-12-17(16(2)31(15)20-9-5-4-8-19(20)26)13-18-23(27)32-25(28-24(18)34)35-21(29-32)14-22(33)30-10-6-3-7-11-30/h4-5,8-9,12-13,27H,3,6-7,10-11,14H2,1-2H3/b18-13-,27-23?. The smallest absolute Gasteiger partial charge is 0.283 e. The zero-order valence-electron chi connectivity index (χ0n) is 19.5. The molecule has 0 aliphatic carbocycles. The van der Waals surface area contributed by atoms with Crippen LogP contribution in [0.25, 0.3) is 11.8 Å². The highest BCUT2D eigenvalue weighted by molar-refractivity contribution is 8.27. The van der Waals surface area contributed by atoms with Gasteiger partial charge in [-0.05, 0) is 74.7 Å². The van der Waals surface area contributed by atoms with Crippen LogP contribution in [0.15, 0.2) is 46.0 Å². The van der Waals surface area contributed by atoms with E-state index in [1.165, 1.54) is 16.8 Å². The number of fused-ring (bicyclic) bond motifs is 1. The molecule has 180 valence electrons. The number of para-hydroxylation sites is 1. The van der Waals surface area contributed by atoms with Gasteiger partial charge in [-0.15, -0.1) is 0 Å². The van der Waals surface area contributed by atoms with Crippen molar-refractivity contribution in [1.29, 1.82) is 5.41 Å². The van der Waals surface area contributed by atoms with Crippen molar-refractivity contribution < 1.29 is 9.59 Å². The fourth-order valence-corrected chi connectivity index (χ4v) is 5.68. The number of benzene rings is 1. The van der Waals surface area contributed by atoms with Crippen LogP contribution in [0.4, 0.5) is 0 Å². The Kier molecular flexibility index (Phi) is 6.37. The Morgan fingerprint density at radius 2 is 1.94 bits per heavy atom. The van der Waals surface area contributed by atoms with Gasteiger partial charge in [0.25, 0.3) is 5.91 Å². The van der Waals surface area contributed by atoms with Gasteiger partial charge in [0.15, 0.2) is 5.84 Å². The summed E-state index contributed by atoms with van der Waals surface area (Å²) in [5, 5.41) is 16.0. The minimum absolute atomic E-state index is 0.0250. The van der Waals surface area contributed by atoms with Gasteiger partial charge in [-0.3, -0.25) is 15.0 Å². The number of carbonyl (C=O) groups is 2. The van der Waals surface area contributed by atoms with Crippen LogP contribution in [0.5, 0.6) is 0 Å². The second-order valence-electron chi connectivity index (χ2n) is 8.75. The summed E-state index contributed by atoms with van der Waals surface area (Å²) in [6.07, 6.45) is 5.03. The number of aryl methyl sites for hydroxylation is 1. The third-order valence-electron chi connectivity index (χ3n) is 6.37. The minimum atomic E-state index is -0.491. The number of amidine groups is 2. The van der Waals surface area contributed by atoms with Crippen molar-refractivity contribution in [1.82, 2.24) is 14.5 Å². The van der Waals surface area contributed by atoms with Crippen LogP contribution in [0.3, 0.4) is 0 Å². The highest BCUT2D eigenvalue weighted by Crippen LogP contribution is 2.32. The minimum Gasteiger partial charge on any atom is -0.342 e. The first kappa shape index (κ1) is 23.6. The number of hydrogen-bond donors (Lipinski definition) is 1. The highest BCUT2D eigenvalue weighted by Gasteiger charge is 2.36. The fourth-order valence-electron chi connectivity index (χ4n) is 4.58. The molecule has 0 radical (unpaired) electrons. The Bertz CT molecular complexity index is 1340. The number of piperidine rings is 1. The molecule has 1 fully saturated rings. The van der Waals surface area contributed by atoms with Crippen LogP contribution in [0.1, 0.15) is 42.6 Å². The van der Waals surface area contributed by atoms with Gasteiger partial charge in [0.05, 0.1) is 22.7 Å². The van der Waals surface area contributed by atoms with Crippen molar-refractivity contribution in [3.63, 3.8) is 0 Å². The summed E-state index contributed by atoms with van der Waals surface area (Å²) in [5.41, 5.74) is 3.65. The maximum atomic E-state index is 12.9. The van der Waals surface area contributed by atoms with Gasteiger partial charge < -0.3 is 9.47 Å². The average Bonchev–Trinajstić information content (AvgIpc) is 3.37. The van der Waals surface area contributed by atoms with Crippen LogP contribution < -0.4 is 0 Å². The van der Waals surface area contributed by atoms with E-state index in [4.69, 9.17) is 17.0 Å². The van der Waals surface area contributed by atoms with E-state index in [1.54, 1.807) is 6.08 Å². The van der Waals surface area contributed by atoms with Crippen molar-refractivity contribution in [2.75, 3.05) is 13.1 Å². The summed E-state index contributed by atoms with van der Waals surface area (Å²) in [7, 11) is 0. The Morgan fingerprint density at radius 3 is 2.69 bits per heavy atom. The van der Waals surface area contributed by atoms with E-state index in [9.17, 15) is 9.59 Å². The molecular formula is C25H25ClN6O2S. The summed E-state index contributed by atoms with van der Waals surface area (Å²) in [6.45, 7) is 5.46. The first-order chi connectivity index (χ1) is 16.8. The van der Waals surface area contributed by atoms with Gasteiger partial charge in [-0.1, -0.05) is 23.7 Å². The zero-order chi connectivity index (χ0) is 24.7.